The number of alkyl halides is 3. The highest BCUT2D eigenvalue weighted by Gasteiger charge is 2.38. The van der Waals surface area contributed by atoms with Crippen molar-refractivity contribution in [1.29, 1.82) is 0 Å². The molecule has 4 nitrogen and oxygen atoms in total. The second-order valence-electron chi connectivity index (χ2n) is 3.28. The average molecular weight is 321 g/mol. The first kappa shape index (κ1) is 12.7. The lowest BCUT2D eigenvalue weighted by molar-refractivity contribution is -0.159. The van der Waals surface area contributed by atoms with Crippen molar-refractivity contribution in [1.82, 2.24) is 10.1 Å². The summed E-state index contributed by atoms with van der Waals surface area (Å²) in [4.78, 5) is 13.8. The molecule has 0 aliphatic heterocycles. The number of hydrogen-bond donors (Lipinski definition) is 0. The Morgan fingerprint density at radius 2 is 2.06 bits per heavy atom. The Labute approximate surface area is 107 Å². The van der Waals surface area contributed by atoms with Crippen molar-refractivity contribution in [3.05, 3.63) is 34.1 Å². The first-order valence-corrected chi connectivity index (χ1v) is 5.37. The first-order chi connectivity index (χ1) is 8.41. The predicted octanol–water partition coefficient (Wildman–Crippen LogP) is 3.33. The van der Waals surface area contributed by atoms with E-state index in [9.17, 15) is 18.0 Å². The minimum Gasteiger partial charge on any atom is -0.329 e. The van der Waals surface area contributed by atoms with Gasteiger partial charge in [-0.3, -0.25) is 4.79 Å². The lowest BCUT2D eigenvalue weighted by Gasteiger charge is -1.99. The van der Waals surface area contributed by atoms with Gasteiger partial charge in [-0.1, -0.05) is 27.2 Å². The van der Waals surface area contributed by atoms with Crippen LogP contribution in [0.1, 0.15) is 16.2 Å². The quantitative estimate of drug-likeness (QED) is 0.796. The normalized spacial score (nSPS) is 11.6. The third kappa shape index (κ3) is 2.42. The third-order valence-electron chi connectivity index (χ3n) is 2.05. The van der Waals surface area contributed by atoms with Crippen LogP contribution in [0.25, 0.3) is 11.4 Å². The lowest BCUT2D eigenvalue weighted by Crippen LogP contribution is -2.04. The van der Waals surface area contributed by atoms with Gasteiger partial charge in [0.15, 0.2) is 6.29 Å². The van der Waals surface area contributed by atoms with E-state index in [-0.39, 0.29) is 5.82 Å². The molecule has 94 valence electrons. The molecule has 2 aromatic rings. The van der Waals surface area contributed by atoms with Gasteiger partial charge in [-0.25, -0.2) is 0 Å². The fourth-order valence-corrected chi connectivity index (χ4v) is 1.69. The zero-order valence-electron chi connectivity index (χ0n) is 8.53. The van der Waals surface area contributed by atoms with Gasteiger partial charge in [-0.05, 0) is 12.1 Å². The molecule has 0 bridgehead atoms. The molecule has 0 saturated heterocycles. The molecule has 18 heavy (non-hydrogen) atoms. The summed E-state index contributed by atoms with van der Waals surface area (Å²) in [6.07, 6.45) is -4.06. The summed E-state index contributed by atoms with van der Waals surface area (Å²) in [5.74, 6) is -1.60. The van der Waals surface area contributed by atoms with Crippen LogP contribution in [0.5, 0.6) is 0 Å². The Bertz CT molecular complexity index is 595. The summed E-state index contributed by atoms with van der Waals surface area (Å²) >= 11 is 3.11. The number of aromatic nitrogens is 2. The van der Waals surface area contributed by atoms with Gasteiger partial charge in [0.1, 0.15) is 0 Å². The second-order valence-corrected chi connectivity index (χ2v) is 4.13. The summed E-state index contributed by atoms with van der Waals surface area (Å²) in [5.41, 5.74) is 0.685. The van der Waals surface area contributed by atoms with Gasteiger partial charge in [-0.2, -0.15) is 18.2 Å². The smallest absolute Gasteiger partial charge is 0.329 e. The van der Waals surface area contributed by atoms with Crippen molar-refractivity contribution in [2.75, 3.05) is 0 Å². The van der Waals surface area contributed by atoms with Gasteiger partial charge in [0, 0.05) is 15.6 Å². The monoisotopic (exact) mass is 320 g/mol. The van der Waals surface area contributed by atoms with E-state index in [1.54, 1.807) is 0 Å². The highest BCUT2D eigenvalue weighted by atomic mass is 79.9. The number of carbonyl (C=O) groups is 1. The van der Waals surface area contributed by atoms with Crippen LogP contribution >= 0.6 is 15.9 Å². The number of carbonyl (C=O) groups excluding carboxylic acids is 1. The summed E-state index contributed by atoms with van der Waals surface area (Å²) in [6.45, 7) is 0. The zero-order valence-corrected chi connectivity index (χ0v) is 10.1. The van der Waals surface area contributed by atoms with Crippen LogP contribution in [0, 0.1) is 0 Å². The van der Waals surface area contributed by atoms with Gasteiger partial charge in [0.25, 0.3) is 0 Å². The molecule has 0 N–H and O–H groups in total. The maximum atomic E-state index is 12.3. The molecular weight excluding hydrogens is 317 g/mol. The third-order valence-corrected chi connectivity index (χ3v) is 2.74. The highest BCUT2D eigenvalue weighted by Crippen LogP contribution is 2.30. The molecule has 0 spiro atoms. The zero-order chi connectivity index (χ0) is 13.3. The number of benzene rings is 1. The van der Waals surface area contributed by atoms with Gasteiger partial charge in [-0.15, -0.1) is 0 Å². The molecule has 0 aliphatic carbocycles. The van der Waals surface area contributed by atoms with Crippen LogP contribution in [0.4, 0.5) is 13.2 Å². The number of nitrogens with zero attached hydrogens (tertiary/aromatic N) is 2. The van der Waals surface area contributed by atoms with Crippen LogP contribution in [-0.4, -0.2) is 16.4 Å². The SMILES string of the molecule is O=Cc1ccc(-c2noc(C(F)(F)F)n2)cc1Br. The fourth-order valence-electron chi connectivity index (χ4n) is 1.22. The summed E-state index contributed by atoms with van der Waals surface area (Å²) in [5, 5.41) is 3.23. The average Bonchev–Trinajstić information content (AvgIpc) is 2.77. The van der Waals surface area contributed by atoms with E-state index in [2.05, 4.69) is 30.6 Å². The summed E-state index contributed by atoms with van der Waals surface area (Å²) < 4.78 is 41.3. The van der Waals surface area contributed by atoms with Gasteiger partial charge < -0.3 is 4.52 Å². The molecule has 1 heterocycles. The number of aldehydes is 1. The Kier molecular flexibility index (Phi) is 3.20. The van der Waals surface area contributed by atoms with Crippen LogP contribution in [0.15, 0.2) is 27.2 Å². The minimum absolute atomic E-state index is 0.194. The van der Waals surface area contributed by atoms with Crippen LogP contribution < -0.4 is 0 Å². The van der Waals surface area contributed by atoms with E-state index in [1.807, 2.05) is 0 Å². The predicted molar refractivity (Wildman–Crippen MR) is 57.8 cm³/mol. The molecule has 1 aromatic carbocycles. The molecule has 0 fully saturated rings. The van der Waals surface area contributed by atoms with E-state index in [0.717, 1.165) is 0 Å². The second kappa shape index (κ2) is 4.52. The molecule has 0 aliphatic rings. The summed E-state index contributed by atoms with van der Waals surface area (Å²) in [6, 6.07) is 4.31. The van der Waals surface area contributed by atoms with E-state index in [4.69, 9.17) is 0 Å². The number of hydrogen-bond acceptors (Lipinski definition) is 4. The van der Waals surface area contributed by atoms with E-state index < -0.39 is 12.1 Å². The molecule has 2 rings (SSSR count). The molecule has 0 amide bonds. The molecule has 0 atom stereocenters. The van der Waals surface area contributed by atoms with Gasteiger partial charge >= 0.3 is 12.1 Å². The maximum absolute atomic E-state index is 12.3. The van der Waals surface area contributed by atoms with E-state index in [0.29, 0.717) is 21.9 Å². The van der Waals surface area contributed by atoms with Crippen LogP contribution in [-0.2, 0) is 6.18 Å². The Hall–Kier alpha value is -1.70. The molecule has 8 heteroatoms. The van der Waals surface area contributed by atoms with Crippen molar-refractivity contribution in [2.45, 2.75) is 6.18 Å². The van der Waals surface area contributed by atoms with Crippen LogP contribution in [0.3, 0.4) is 0 Å². The van der Waals surface area contributed by atoms with E-state index >= 15 is 0 Å². The van der Waals surface area contributed by atoms with Gasteiger partial charge in [0.2, 0.25) is 5.82 Å². The standard InChI is InChI=1S/C10H4BrF3N2O2/c11-7-3-5(1-2-6(7)4-17)8-15-9(18-16-8)10(12,13)14/h1-4H. The number of halogens is 4. The van der Waals surface area contributed by atoms with Crippen molar-refractivity contribution in [3.8, 4) is 11.4 Å². The van der Waals surface area contributed by atoms with Crippen molar-refractivity contribution in [2.24, 2.45) is 0 Å². The molecule has 0 saturated carbocycles. The number of rotatable bonds is 2. The van der Waals surface area contributed by atoms with Crippen molar-refractivity contribution < 1.29 is 22.5 Å². The Balaban J connectivity index is 2.40. The topological polar surface area (TPSA) is 56.0 Å². The lowest BCUT2D eigenvalue weighted by atomic mass is 10.1. The molecule has 0 unspecified atom stereocenters. The molecular formula is C10H4BrF3N2O2. The Morgan fingerprint density at radius 1 is 1.33 bits per heavy atom. The van der Waals surface area contributed by atoms with Crippen LogP contribution in [0.2, 0.25) is 0 Å². The molecule has 1 aromatic heterocycles. The Morgan fingerprint density at radius 3 is 2.56 bits per heavy atom. The maximum Gasteiger partial charge on any atom is 0.471 e. The largest absolute Gasteiger partial charge is 0.471 e. The van der Waals surface area contributed by atoms with Crippen molar-refractivity contribution >= 4 is 22.2 Å². The van der Waals surface area contributed by atoms with Gasteiger partial charge in [0.05, 0.1) is 0 Å². The highest BCUT2D eigenvalue weighted by molar-refractivity contribution is 9.10. The fraction of sp³-hybridized carbons (Fsp3) is 0.100. The minimum atomic E-state index is -4.68. The summed E-state index contributed by atoms with van der Waals surface area (Å²) in [7, 11) is 0. The molecule has 0 radical (unpaired) electrons. The first-order valence-electron chi connectivity index (χ1n) is 4.58. The van der Waals surface area contributed by atoms with Crippen molar-refractivity contribution in [3.63, 3.8) is 0 Å². The van der Waals surface area contributed by atoms with E-state index in [1.165, 1.54) is 18.2 Å².